The van der Waals surface area contributed by atoms with Gasteiger partial charge in [-0.3, -0.25) is 4.79 Å². The van der Waals surface area contributed by atoms with Crippen LogP contribution in [0.5, 0.6) is 0 Å². The first-order valence-electron chi connectivity index (χ1n) is 8.54. The van der Waals surface area contributed by atoms with E-state index in [1.807, 2.05) is 18.2 Å². The van der Waals surface area contributed by atoms with Crippen LogP contribution in [0.15, 0.2) is 54.6 Å². The Kier molecular flexibility index (Phi) is 5.33. The summed E-state index contributed by atoms with van der Waals surface area (Å²) in [6, 6.07) is 17.1. The molecule has 1 unspecified atom stereocenters. The summed E-state index contributed by atoms with van der Waals surface area (Å²) in [5.41, 5.74) is 2.11. The molecule has 1 aliphatic rings. The molecule has 5 nitrogen and oxygen atoms in total. The minimum Gasteiger partial charge on any atom is -0.478 e. The van der Waals surface area contributed by atoms with E-state index in [0.29, 0.717) is 18.2 Å². The number of rotatable bonds is 6. The van der Waals surface area contributed by atoms with Gasteiger partial charge in [0.1, 0.15) is 0 Å². The predicted molar refractivity (Wildman–Crippen MR) is 96.9 cm³/mol. The molecule has 0 bridgehead atoms. The van der Waals surface area contributed by atoms with Gasteiger partial charge in [-0.2, -0.15) is 0 Å². The van der Waals surface area contributed by atoms with Gasteiger partial charge >= 0.3 is 5.97 Å². The molecule has 0 radical (unpaired) electrons. The molecule has 25 heavy (non-hydrogen) atoms. The van der Waals surface area contributed by atoms with Gasteiger partial charge in [-0.15, -0.1) is 0 Å². The van der Waals surface area contributed by atoms with Crippen molar-refractivity contribution in [2.24, 2.45) is 0 Å². The van der Waals surface area contributed by atoms with Crippen molar-refractivity contribution < 1.29 is 14.7 Å². The van der Waals surface area contributed by atoms with Crippen LogP contribution in [0.2, 0.25) is 0 Å². The smallest absolute Gasteiger partial charge is 0.335 e. The number of para-hydroxylation sites is 1. The molecule has 1 saturated heterocycles. The fourth-order valence-corrected chi connectivity index (χ4v) is 3.30. The first-order valence-corrected chi connectivity index (χ1v) is 8.54. The number of carboxylic acid groups (broad SMARTS) is 1. The second kappa shape index (κ2) is 7.83. The van der Waals surface area contributed by atoms with Crippen LogP contribution in [0.3, 0.4) is 0 Å². The zero-order chi connectivity index (χ0) is 17.6. The summed E-state index contributed by atoms with van der Waals surface area (Å²) in [7, 11) is 0. The lowest BCUT2D eigenvalue weighted by Crippen LogP contribution is -2.40. The molecular formula is C20H22N2O3. The summed E-state index contributed by atoms with van der Waals surface area (Å²) in [4.78, 5) is 25.6. The average molecular weight is 338 g/mol. The van der Waals surface area contributed by atoms with Crippen LogP contribution in [0.1, 0.15) is 28.8 Å². The van der Waals surface area contributed by atoms with Crippen molar-refractivity contribution >= 4 is 17.6 Å². The fourth-order valence-electron chi connectivity index (χ4n) is 3.30. The van der Waals surface area contributed by atoms with Crippen LogP contribution < -0.4 is 10.2 Å². The molecular weight excluding hydrogens is 316 g/mol. The van der Waals surface area contributed by atoms with E-state index in [1.165, 1.54) is 11.8 Å². The van der Waals surface area contributed by atoms with Crippen LogP contribution in [0.25, 0.3) is 0 Å². The van der Waals surface area contributed by atoms with E-state index in [0.717, 1.165) is 19.4 Å². The van der Waals surface area contributed by atoms with Gasteiger partial charge in [0.2, 0.25) is 5.91 Å². The highest BCUT2D eigenvalue weighted by atomic mass is 16.4. The number of nitrogens with zero attached hydrogens (tertiary/aromatic N) is 1. The lowest BCUT2D eigenvalue weighted by molar-refractivity contribution is -0.120. The quantitative estimate of drug-likeness (QED) is 0.850. The van der Waals surface area contributed by atoms with Crippen molar-refractivity contribution in [2.45, 2.75) is 25.3 Å². The normalized spacial score (nSPS) is 16.6. The molecule has 2 aromatic carbocycles. The molecule has 130 valence electrons. The van der Waals surface area contributed by atoms with E-state index < -0.39 is 5.97 Å². The Morgan fingerprint density at radius 3 is 2.68 bits per heavy atom. The third-order valence-electron chi connectivity index (χ3n) is 4.54. The Hall–Kier alpha value is -2.82. The molecule has 1 amide bonds. The maximum atomic E-state index is 12.2. The van der Waals surface area contributed by atoms with Crippen LogP contribution in [0.4, 0.5) is 5.69 Å². The van der Waals surface area contributed by atoms with Gasteiger partial charge in [-0.05, 0) is 42.7 Å². The number of hydrogen-bond acceptors (Lipinski definition) is 3. The summed E-state index contributed by atoms with van der Waals surface area (Å²) < 4.78 is 0. The first-order chi connectivity index (χ1) is 12.1. The van der Waals surface area contributed by atoms with Gasteiger partial charge in [0, 0.05) is 24.8 Å². The van der Waals surface area contributed by atoms with E-state index >= 15 is 0 Å². The average Bonchev–Trinajstić information content (AvgIpc) is 3.09. The summed E-state index contributed by atoms with van der Waals surface area (Å²) in [6.45, 7) is 1.61. The van der Waals surface area contributed by atoms with Crippen LogP contribution in [0, 0.1) is 0 Å². The zero-order valence-electron chi connectivity index (χ0n) is 14.0. The minimum absolute atomic E-state index is 0.0811. The summed E-state index contributed by atoms with van der Waals surface area (Å²) >= 11 is 0. The van der Waals surface area contributed by atoms with Gasteiger partial charge in [0.05, 0.1) is 12.0 Å². The van der Waals surface area contributed by atoms with Crippen LogP contribution >= 0.6 is 0 Å². The van der Waals surface area contributed by atoms with E-state index in [-0.39, 0.29) is 17.9 Å². The van der Waals surface area contributed by atoms with Gasteiger partial charge in [-0.1, -0.05) is 30.3 Å². The molecule has 1 atom stereocenters. The Morgan fingerprint density at radius 1 is 1.12 bits per heavy atom. The third-order valence-corrected chi connectivity index (χ3v) is 4.54. The molecule has 5 heteroatoms. The monoisotopic (exact) mass is 338 g/mol. The largest absolute Gasteiger partial charge is 0.478 e. The fraction of sp³-hybridized carbons (Fsp3) is 0.300. The minimum atomic E-state index is -0.980. The number of benzene rings is 2. The maximum absolute atomic E-state index is 12.2. The number of carbonyl (C=O) groups excluding carboxylic acids is 1. The van der Waals surface area contributed by atoms with E-state index in [9.17, 15) is 9.59 Å². The zero-order valence-corrected chi connectivity index (χ0v) is 14.0. The highest BCUT2D eigenvalue weighted by Crippen LogP contribution is 2.24. The van der Waals surface area contributed by atoms with Gasteiger partial charge in [0.25, 0.3) is 0 Å². The third kappa shape index (κ3) is 4.38. The topological polar surface area (TPSA) is 69.6 Å². The van der Waals surface area contributed by atoms with E-state index in [2.05, 4.69) is 22.3 Å². The molecule has 1 heterocycles. The lowest BCUT2D eigenvalue weighted by Gasteiger charge is -2.27. The second-order valence-corrected chi connectivity index (χ2v) is 6.31. The number of aromatic carboxylic acids is 1. The van der Waals surface area contributed by atoms with Crippen molar-refractivity contribution in [3.8, 4) is 0 Å². The predicted octanol–water partition coefficient (Wildman–Crippen LogP) is 2.71. The molecule has 2 aromatic rings. The summed E-state index contributed by atoms with van der Waals surface area (Å²) in [5.74, 6) is -1.06. The number of amides is 1. The number of hydrogen-bond donors (Lipinski definition) is 2. The Morgan fingerprint density at radius 2 is 1.92 bits per heavy atom. The van der Waals surface area contributed by atoms with Crippen molar-refractivity contribution in [2.75, 3.05) is 18.0 Å². The number of carboxylic acids is 1. The standard InChI is InChI=1S/C20H22N2O3/c23-19(13-15-6-4-7-16(12-15)20(24)25)21-14-18-10-5-11-22(18)17-8-2-1-3-9-17/h1-4,6-9,12,18H,5,10-11,13-14H2,(H,21,23)(H,24,25). The van der Waals surface area contributed by atoms with E-state index in [1.54, 1.807) is 18.2 Å². The first kappa shape index (κ1) is 17.0. The molecule has 0 aliphatic carbocycles. The number of nitrogens with one attached hydrogen (secondary N) is 1. The molecule has 2 N–H and O–H groups in total. The molecule has 0 saturated carbocycles. The Bertz CT molecular complexity index is 746. The highest BCUT2D eigenvalue weighted by molar-refractivity contribution is 5.88. The van der Waals surface area contributed by atoms with Crippen LogP contribution in [-0.2, 0) is 11.2 Å². The number of carbonyl (C=O) groups is 2. The Balaban J connectivity index is 1.55. The second-order valence-electron chi connectivity index (χ2n) is 6.31. The molecule has 1 aliphatic heterocycles. The summed E-state index contributed by atoms with van der Waals surface area (Å²) in [6.07, 6.45) is 2.37. The highest BCUT2D eigenvalue weighted by Gasteiger charge is 2.24. The van der Waals surface area contributed by atoms with Crippen molar-refractivity contribution in [3.05, 3.63) is 65.7 Å². The molecule has 1 fully saturated rings. The van der Waals surface area contributed by atoms with Gasteiger partial charge < -0.3 is 15.3 Å². The van der Waals surface area contributed by atoms with Crippen molar-refractivity contribution in [1.82, 2.24) is 5.32 Å². The lowest BCUT2D eigenvalue weighted by atomic mass is 10.1. The maximum Gasteiger partial charge on any atom is 0.335 e. The molecule has 3 rings (SSSR count). The van der Waals surface area contributed by atoms with Crippen LogP contribution in [-0.4, -0.2) is 36.1 Å². The SMILES string of the molecule is O=C(Cc1cccc(C(=O)O)c1)NCC1CCCN1c1ccccc1. The molecule has 0 aromatic heterocycles. The number of anilines is 1. The molecule has 0 spiro atoms. The summed E-state index contributed by atoms with van der Waals surface area (Å²) in [5, 5.41) is 12.0. The van der Waals surface area contributed by atoms with Crippen molar-refractivity contribution in [3.63, 3.8) is 0 Å². The van der Waals surface area contributed by atoms with Crippen molar-refractivity contribution in [1.29, 1.82) is 0 Å². The van der Waals surface area contributed by atoms with E-state index in [4.69, 9.17) is 5.11 Å². The Labute approximate surface area is 147 Å². The van der Waals surface area contributed by atoms with Gasteiger partial charge in [0.15, 0.2) is 0 Å². The van der Waals surface area contributed by atoms with Gasteiger partial charge in [-0.25, -0.2) is 4.79 Å².